The number of hydrogen-bond donors (Lipinski definition) is 0. The van der Waals surface area contributed by atoms with Crippen LogP contribution >= 0.6 is 0 Å². The molecule has 0 aliphatic heterocycles. The molecule has 2 aliphatic rings. The molecule has 0 saturated carbocycles. The molecule has 1 aromatic heterocycles. The molecule has 1 atom stereocenters. The summed E-state index contributed by atoms with van der Waals surface area (Å²) in [6, 6.07) is 80.1. The van der Waals surface area contributed by atoms with Crippen LogP contribution in [0.1, 0.15) is 45.9 Å². The summed E-state index contributed by atoms with van der Waals surface area (Å²) in [6.45, 7) is 2.39. The van der Waals surface area contributed by atoms with Crippen LogP contribution in [0, 0.1) is 0 Å². The van der Waals surface area contributed by atoms with Gasteiger partial charge in [-0.1, -0.05) is 188 Å². The van der Waals surface area contributed by atoms with Gasteiger partial charge in [-0.25, -0.2) is 0 Å². The van der Waals surface area contributed by atoms with Gasteiger partial charge >= 0.3 is 0 Å². The molecule has 0 spiro atoms. The summed E-state index contributed by atoms with van der Waals surface area (Å²) in [5, 5.41) is 2.21. The van der Waals surface area contributed by atoms with Gasteiger partial charge in [-0.3, -0.25) is 0 Å². The van der Waals surface area contributed by atoms with Crippen molar-refractivity contribution >= 4 is 39.0 Å². The monoisotopic (exact) mass is 753 g/mol. The molecule has 1 heterocycles. The minimum absolute atomic E-state index is 0.352. The van der Waals surface area contributed by atoms with E-state index in [0.29, 0.717) is 0 Å². The summed E-state index contributed by atoms with van der Waals surface area (Å²) in [7, 11) is 0. The molecule has 2 nitrogen and oxygen atoms in total. The van der Waals surface area contributed by atoms with Gasteiger partial charge in [-0.05, 0) is 92.9 Å². The topological polar surface area (TPSA) is 16.4 Å². The SMILES string of the molecule is CC1(c2ccccc2)c2ccccc2-c2c(N(c3ccc4c(c3)C(c3ccccc3)(c3ccccc3)c3ccccc3-4)c3cccc4c3oc3ccccc34)cccc21. The molecule has 0 saturated heterocycles. The maximum absolute atomic E-state index is 6.89. The van der Waals surface area contributed by atoms with Crippen LogP contribution in [0.4, 0.5) is 17.1 Å². The Labute approximate surface area is 344 Å². The highest BCUT2D eigenvalue weighted by molar-refractivity contribution is 6.11. The first-order chi connectivity index (χ1) is 29.2. The minimum atomic E-state index is -0.543. The van der Waals surface area contributed by atoms with Crippen LogP contribution in [0.5, 0.6) is 0 Å². The van der Waals surface area contributed by atoms with Crippen molar-refractivity contribution in [2.24, 2.45) is 0 Å². The summed E-state index contributed by atoms with van der Waals surface area (Å²) in [4.78, 5) is 2.47. The highest BCUT2D eigenvalue weighted by Crippen LogP contribution is 2.60. The molecule has 278 valence electrons. The lowest BCUT2D eigenvalue weighted by Crippen LogP contribution is -2.28. The van der Waals surface area contributed by atoms with Gasteiger partial charge in [0, 0.05) is 27.4 Å². The van der Waals surface area contributed by atoms with Crippen LogP contribution in [0.25, 0.3) is 44.2 Å². The molecule has 2 aliphatic carbocycles. The molecule has 59 heavy (non-hydrogen) atoms. The molecule has 1 unspecified atom stereocenters. The number of fused-ring (bicyclic) bond motifs is 9. The molecule has 0 radical (unpaired) electrons. The van der Waals surface area contributed by atoms with Gasteiger partial charge in [-0.2, -0.15) is 0 Å². The van der Waals surface area contributed by atoms with Crippen molar-refractivity contribution < 1.29 is 4.42 Å². The molecule has 0 fully saturated rings. The zero-order valence-electron chi connectivity index (χ0n) is 32.6. The summed E-state index contributed by atoms with van der Waals surface area (Å²) in [5.74, 6) is 0. The van der Waals surface area contributed by atoms with Crippen molar-refractivity contribution in [2.45, 2.75) is 17.8 Å². The molecule has 0 bridgehead atoms. The van der Waals surface area contributed by atoms with Crippen molar-refractivity contribution in [2.75, 3.05) is 4.90 Å². The third-order valence-corrected chi connectivity index (χ3v) is 13.2. The zero-order chi connectivity index (χ0) is 39.1. The summed E-state index contributed by atoms with van der Waals surface area (Å²) >= 11 is 0. The second-order valence-corrected chi connectivity index (χ2v) is 16.1. The predicted octanol–water partition coefficient (Wildman–Crippen LogP) is 14.8. The predicted molar refractivity (Wildman–Crippen MR) is 243 cm³/mol. The Bertz CT molecular complexity index is 3200. The van der Waals surface area contributed by atoms with Gasteiger partial charge in [0.15, 0.2) is 5.58 Å². The molecule has 10 aromatic rings. The number of para-hydroxylation sites is 2. The number of furan rings is 1. The van der Waals surface area contributed by atoms with Crippen LogP contribution in [-0.4, -0.2) is 0 Å². The highest BCUT2D eigenvalue weighted by atomic mass is 16.3. The smallest absolute Gasteiger partial charge is 0.159 e. The fourth-order valence-corrected chi connectivity index (χ4v) is 10.7. The largest absolute Gasteiger partial charge is 0.454 e. The Morgan fingerprint density at radius 3 is 1.68 bits per heavy atom. The van der Waals surface area contributed by atoms with Gasteiger partial charge in [-0.15, -0.1) is 0 Å². The Hall–Kier alpha value is -7.42. The van der Waals surface area contributed by atoms with E-state index in [-0.39, 0.29) is 5.41 Å². The van der Waals surface area contributed by atoms with E-state index in [9.17, 15) is 0 Å². The first-order valence-electron chi connectivity index (χ1n) is 20.5. The normalized spacial score (nSPS) is 15.7. The standard InChI is InChI=1S/C57H39NO/c1-56(38-19-5-2-6-20-38)47-29-14-12-27-46(47)54-49(56)31-18-32-51(54)58(52-33-17-28-45-44-26-13-16-34-53(44)59-55(45)52)41-35-36-43-42-25-11-15-30-48(42)57(50(43)37-41,39-21-7-3-8-22-39)40-23-9-4-10-24-40/h2-37H,1H3. The van der Waals surface area contributed by atoms with Crippen molar-refractivity contribution in [1.82, 2.24) is 0 Å². The summed E-state index contributed by atoms with van der Waals surface area (Å²) in [5.41, 5.74) is 18.0. The van der Waals surface area contributed by atoms with E-state index in [1.54, 1.807) is 0 Å². The lowest BCUT2D eigenvalue weighted by molar-refractivity contribution is 0.669. The minimum Gasteiger partial charge on any atom is -0.454 e. The van der Waals surface area contributed by atoms with Gasteiger partial charge < -0.3 is 9.32 Å². The Morgan fingerprint density at radius 1 is 0.390 bits per heavy atom. The summed E-state index contributed by atoms with van der Waals surface area (Å²) < 4.78 is 6.89. The van der Waals surface area contributed by atoms with E-state index in [0.717, 1.165) is 39.0 Å². The zero-order valence-corrected chi connectivity index (χ0v) is 32.6. The van der Waals surface area contributed by atoms with E-state index < -0.39 is 5.41 Å². The molecule has 2 heteroatoms. The number of benzene rings is 9. The second kappa shape index (κ2) is 12.8. The third kappa shape index (κ3) is 4.63. The number of rotatable bonds is 6. The second-order valence-electron chi connectivity index (χ2n) is 16.1. The fourth-order valence-electron chi connectivity index (χ4n) is 10.7. The van der Waals surface area contributed by atoms with Crippen LogP contribution in [0.15, 0.2) is 223 Å². The Kier molecular flexibility index (Phi) is 7.31. The maximum atomic E-state index is 6.89. The van der Waals surface area contributed by atoms with Crippen LogP contribution in [0.3, 0.4) is 0 Å². The van der Waals surface area contributed by atoms with Crippen molar-refractivity contribution in [3.63, 3.8) is 0 Å². The third-order valence-electron chi connectivity index (χ3n) is 13.2. The van der Waals surface area contributed by atoms with Gasteiger partial charge in [0.1, 0.15) is 5.58 Å². The van der Waals surface area contributed by atoms with E-state index in [2.05, 4.69) is 230 Å². The highest BCUT2D eigenvalue weighted by Gasteiger charge is 2.47. The molecule has 0 N–H and O–H groups in total. The number of nitrogens with zero attached hydrogens (tertiary/aromatic N) is 1. The number of hydrogen-bond acceptors (Lipinski definition) is 2. The molecule has 0 amide bonds. The van der Waals surface area contributed by atoms with Gasteiger partial charge in [0.25, 0.3) is 0 Å². The average Bonchev–Trinajstić information content (AvgIpc) is 3.93. The van der Waals surface area contributed by atoms with Crippen molar-refractivity contribution in [3.05, 3.63) is 257 Å². The summed E-state index contributed by atoms with van der Waals surface area (Å²) in [6.07, 6.45) is 0. The molecular weight excluding hydrogens is 715 g/mol. The lowest BCUT2D eigenvalue weighted by atomic mass is 9.67. The Morgan fingerprint density at radius 2 is 0.932 bits per heavy atom. The van der Waals surface area contributed by atoms with Crippen LogP contribution < -0.4 is 4.90 Å². The quantitative estimate of drug-likeness (QED) is 0.168. The van der Waals surface area contributed by atoms with E-state index in [4.69, 9.17) is 4.42 Å². The van der Waals surface area contributed by atoms with E-state index >= 15 is 0 Å². The van der Waals surface area contributed by atoms with E-state index in [1.807, 2.05) is 0 Å². The van der Waals surface area contributed by atoms with Gasteiger partial charge in [0.05, 0.1) is 16.8 Å². The van der Waals surface area contributed by atoms with Gasteiger partial charge in [0.2, 0.25) is 0 Å². The first kappa shape index (κ1) is 33.7. The van der Waals surface area contributed by atoms with Crippen molar-refractivity contribution in [1.29, 1.82) is 0 Å². The fraction of sp³-hybridized carbons (Fsp3) is 0.0526. The maximum Gasteiger partial charge on any atom is 0.159 e. The van der Waals surface area contributed by atoms with Crippen LogP contribution in [0.2, 0.25) is 0 Å². The first-order valence-corrected chi connectivity index (χ1v) is 20.5. The molecule has 9 aromatic carbocycles. The van der Waals surface area contributed by atoms with E-state index in [1.165, 1.54) is 61.2 Å². The average molecular weight is 754 g/mol. The lowest BCUT2D eigenvalue weighted by Gasteiger charge is -2.35. The molecular formula is C57H39NO. The number of anilines is 3. The van der Waals surface area contributed by atoms with Crippen molar-refractivity contribution in [3.8, 4) is 22.3 Å². The molecule has 12 rings (SSSR count). The van der Waals surface area contributed by atoms with Crippen LogP contribution in [-0.2, 0) is 10.8 Å². The Balaban J connectivity index is 1.19.